The molecule has 0 aliphatic carbocycles. The average Bonchev–Trinajstić information content (AvgIpc) is 2.28. The Hall–Kier alpha value is -0.590. The number of benzene rings is 1. The van der Waals surface area contributed by atoms with Gasteiger partial charge in [0.2, 0.25) is 10.0 Å². The van der Waals surface area contributed by atoms with Crippen LogP contribution in [0.5, 0.6) is 0 Å². The monoisotopic (exact) mass is 334 g/mol. The normalized spacial score (nSPS) is 11.5. The number of hydrogen-bond donors (Lipinski definition) is 2. The summed E-state index contributed by atoms with van der Waals surface area (Å²) in [6.07, 6.45) is 1.52. The summed E-state index contributed by atoms with van der Waals surface area (Å²) in [5.41, 5.74) is 1.55. The van der Waals surface area contributed by atoms with Gasteiger partial charge in [-0.05, 0) is 57.1 Å². The predicted molar refractivity (Wildman–Crippen MR) is 79.4 cm³/mol. The van der Waals surface area contributed by atoms with E-state index in [2.05, 4.69) is 26.0 Å². The Balaban J connectivity index is 2.59. The standard InChI is InChI=1S/C12H19BrN2O2S/c1-10-9-11(13)5-6-12(10)15-18(16,17)8-4-3-7-14-2/h5-6,9,14-15H,3-4,7-8H2,1-2H3. The lowest BCUT2D eigenvalue weighted by Crippen LogP contribution is -2.18. The second-order valence-corrected chi connectivity index (χ2v) is 6.95. The van der Waals surface area contributed by atoms with Gasteiger partial charge in [-0.1, -0.05) is 15.9 Å². The molecule has 0 radical (unpaired) electrons. The predicted octanol–water partition coefficient (Wildman–Crippen LogP) is 2.50. The van der Waals surface area contributed by atoms with E-state index in [1.54, 1.807) is 6.07 Å². The van der Waals surface area contributed by atoms with Crippen molar-refractivity contribution in [2.24, 2.45) is 0 Å². The molecular weight excluding hydrogens is 316 g/mol. The van der Waals surface area contributed by atoms with Gasteiger partial charge in [0.1, 0.15) is 0 Å². The Morgan fingerprint density at radius 1 is 1.28 bits per heavy atom. The fourth-order valence-electron chi connectivity index (χ4n) is 1.55. The van der Waals surface area contributed by atoms with E-state index in [1.807, 2.05) is 26.1 Å². The van der Waals surface area contributed by atoms with Crippen molar-refractivity contribution in [2.45, 2.75) is 19.8 Å². The Labute approximate surface area is 117 Å². The van der Waals surface area contributed by atoms with E-state index < -0.39 is 10.0 Å². The topological polar surface area (TPSA) is 58.2 Å². The Kier molecular flexibility index (Phi) is 6.11. The summed E-state index contributed by atoms with van der Waals surface area (Å²) < 4.78 is 27.3. The fourth-order valence-corrected chi connectivity index (χ4v) is 3.28. The smallest absolute Gasteiger partial charge is 0.232 e. The van der Waals surface area contributed by atoms with Crippen LogP contribution in [-0.2, 0) is 10.0 Å². The molecular formula is C12H19BrN2O2S. The Bertz CT molecular complexity index is 489. The minimum atomic E-state index is -3.24. The maximum Gasteiger partial charge on any atom is 0.232 e. The van der Waals surface area contributed by atoms with Crippen LogP contribution in [0.2, 0.25) is 0 Å². The molecule has 0 bridgehead atoms. The summed E-state index contributed by atoms with van der Waals surface area (Å²) in [6.45, 7) is 2.72. The molecule has 0 atom stereocenters. The molecule has 0 aliphatic rings. The van der Waals surface area contributed by atoms with Gasteiger partial charge in [0.05, 0.1) is 11.4 Å². The van der Waals surface area contributed by atoms with Crippen LogP contribution >= 0.6 is 15.9 Å². The molecule has 0 saturated carbocycles. The van der Waals surface area contributed by atoms with E-state index in [0.29, 0.717) is 12.1 Å². The Morgan fingerprint density at radius 3 is 2.61 bits per heavy atom. The summed E-state index contributed by atoms with van der Waals surface area (Å²) in [4.78, 5) is 0. The summed E-state index contributed by atoms with van der Waals surface area (Å²) in [5.74, 6) is 0.157. The lowest BCUT2D eigenvalue weighted by molar-refractivity contribution is 0.595. The molecule has 6 heteroatoms. The first-order valence-electron chi connectivity index (χ1n) is 5.86. The van der Waals surface area contributed by atoms with Gasteiger partial charge in [-0.3, -0.25) is 4.72 Å². The SMILES string of the molecule is CNCCCCS(=O)(=O)Nc1ccc(Br)cc1C. The molecule has 0 spiro atoms. The van der Waals surface area contributed by atoms with E-state index in [-0.39, 0.29) is 5.75 Å². The van der Waals surface area contributed by atoms with E-state index >= 15 is 0 Å². The highest BCUT2D eigenvalue weighted by molar-refractivity contribution is 9.10. The molecule has 2 N–H and O–H groups in total. The second kappa shape index (κ2) is 7.11. The molecule has 1 rings (SSSR count). The maximum absolute atomic E-state index is 11.9. The first kappa shape index (κ1) is 15.5. The third kappa shape index (κ3) is 5.37. The highest BCUT2D eigenvalue weighted by Crippen LogP contribution is 2.21. The zero-order chi connectivity index (χ0) is 13.6. The molecule has 0 heterocycles. The molecule has 0 aliphatic heterocycles. The lowest BCUT2D eigenvalue weighted by atomic mass is 10.2. The molecule has 0 saturated heterocycles. The molecule has 1 aromatic carbocycles. The van der Waals surface area contributed by atoms with Gasteiger partial charge in [-0.2, -0.15) is 0 Å². The number of halogens is 1. The van der Waals surface area contributed by atoms with Gasteiger partial charge in [-0.15, -0.1) is 0 Å². The second-order valence-electron chi connectivity index (χ2n) is 4.19. The van der Waals surface area contributed by atoms with Gasteiger partial charge >= 0.3 is 0 Å². The molecule has 0 aromatic heterocycles. The number of aryl methyl sites for hydroxylation is 1. The van der Waals surface area contributed by atoms with Crippen molar-refractivity contribution in [1.29, 1.82) is 0 Å². The van der Waals surface area contributed by atoms with Crippen LogP contribution in [0, 0.1) is 6.92 Å². The van der Waals surface area contributed by atoms with Crippen LogP contribution in [-0.4, -0.2) is 27.8 Å². The van der Waals surface area contributed by atoms with Crippen LogP contribution in [0.25, 0.3) is 0 Å². The first-order chi connectivity index (χ1) is 8.44. The molecule has 0 unspecified atom stereocenters. The van der Waals surface area contributed by atoms with Crippen molar-refractivity contribution in [2.75, 3.05) is 24.1 Å². The van der Waals surface area contributed by atoms with Crippen LogP contribution in [0.3, 0.4) is 0 Å². The summed E-state index contributed by atoms with van der Waals surface area (Å²) in [7, 11) is -1.38. The van der Waals surface area contributed by atoms with Crippen LogP contribution in [0.1, 0.15) is 18.4 Å². The van der Waals surface area contributed by atoms with Gasteiger partial charge in [0.25, 0.3) is 0 Å². The van der Waals surface area contributed by atoms with E-state index in [9.17, 15) is 8.42 Å². The molecule has 0 fully saturated rings. The zero-order valence-corrected chi connectivity index (χ0v) is 13.1. The number of rotatable bonds is 7. The average molecular weight is 335 g/mol. The molecule has 0 amide bonds. The number of anilines is 1. The minimum Gasteiger partial charge on any atom is -0.320 e. The highest BCUT2D eigenvalue weighted by atomic mass is 79.9. The van der Waals surface area contributed by atoms with Gasteiger partial charge < -0.3 is 5.32 Å². The molecule has 1 aromatic rings. The van der Waals surface area contributed by atoms with Crippen LogP contribution in [0.15, 0.2) is 22.7 Å². The molecule has 102 valence electrons. The number of hydrogen-bond acceptors (Lipinski definition) is 3. The van der Waals surface area contributed by atoms with Crippen molar-refractivity contribution in [3.05, 3.63) is 28.2 Å². The number of nitrogens with one attached hydrogen (secondary N) is 2. The number of unbranched alkanes of at least 4 members (excludes halogenated alkanes) is 1. The quantitative estimate of drug-likeness (QED) is 0.753. The van der Waals surface area contributed by atoms with Crippen molar-refractivity contribution in [1.82, 2.24) is 5.32 Å². The number of sulfonamides is 1. The zero-order valence-electron chi connectivity index (χ0n) is 10.7. The van der Waals surface area contributed by atoms with Crippen molar-refractivity contribution >= 4 is 31.6 Å². The van der Waals surface area contributed by atoms with Crippen LogP contribution in [0.4, 0.5) is 5.69 Å². The fraction of sp³-hybridized carbons (Fsp3) is 0.500. The largest absolute Gasteiger partial charge is 0.320 e. The summed E-state index contributed by atoms with van der Waals surface area (Å²) in [6, 6.07) is 5.48. The van der Waals surface area contributed by atoms with Gasteiger partial charge in [0.15, 0.2) is 0 Å². The van der Waals surface area contributed by atoms with Gasteiger partial charge in [-0.25, -0.2) is 8.42 Å². The maximum atomic E-state index is 11.9. The van der Waals surface area contributed by atoms with E-state index in [1.165, 1.54) is 0 Å². The third-order valence-corrected chi connectivity index (χ3v) is 4.39. The van der Waals surface area contributed by atoms with Gasteiger partial charge in [0, 0.05) is 4.47 Å². The third-order valence-electron chi connectivity index (χ3n) is 2.54. The van der Waals surface area contributed by atoms with E-state index in [4.69, 9.17) is 0 Å². The molecule has 18 heavy (non-hydrogen) atoms. The lowest BCUT2D eigenvalue weighted by Gasteiger charge is -2.10. The highest BCUT2D eigenvalue weighted by Gasteiger charge is 2.11. The summed E-state index contributed by atoms with van der Waals surface area (Å²) in [5, 5.41) is 3.00. The molecule has 4 nitrogen and oxygen atoms in total. The van der Waals surface area contributed by atoms with Crippen molar-refractivity contribution in [3.8, 4) is 0 Å². The summed E-state index contributed by atoms with van der Waals surface area (Å²) >= 11 is 3.35. The van der Waals surface area contributed by atoms with E-state index in [0.717, 1.165) is 23.0 Å². The van der Waals surface area contributed by atoms with Crippen molar-refractivity contribution in [3.63, 3.8) is 0 Å². The van der Waals surface area contributed by atoms with Crippen molar-refractivity contribution < 1.29 is 8.42 Å². The minimum absolute atomic E-state index is 0.157. The first-order valence-corrected chi connectivity index (χ1v) is 8.30. The Morgan fingerprint density at radius 2 is 2.00 bits per heavy atom. The van der Waals surface area contributed by atoms with Crippen LogP contribution < -0.4 is 10.0 Å².